The number of benzene rings is 3. The minimum absolute atomic E-state index is 0. The summed E-state index contributed by atoms with van der Waals surface area (Å²) in [6, 6.07) is 20.2. The first-order chi connectivity index (χ1) is 18.6. The molecule has 8 nitrogen and oxygen atoms in total. The molecule has 2 aromatic heterocycles. The lowest BCUT2D eigenvalue weighted by molar-refractivity contribution is 0.398. The van der Waals surface area contributed by atoms with Gasteiger partial charge in [-0.2, -0.15) is 0 Å². The second kappa shape index (κ2) is 11.2. The maximum atomic E-state index is 14.2. The van der Waals surface area contributed by atoms with Crippen molar-refractivity contribution < 1.29 is 10.2 Å². The van der Waals surface area contributed by atoms with E-state index in [9.17, 15) is 19.8 Å². The van der Waals surface area contributed by atoms with Crippen LogP contribution in [0.3, 0.4) is 0 Å². The summed E-state index contributed by atoms with van der Waals surface area (Å²) in [6.07, 6.45) is 0. The lowest BCUT2D eigenvalue weighted by Crippen LogP contribution is -2.26. The van der Waals surface area contributed by atoms with Gasteiger partial charge in [0.15, 0.2) is 11.5 Å². The summed E-state index contributed by atoms with van der Waals surface area (Å²) in [5.41, 5.74) is 3.28. The minimum atomic E-state index is -0.880. The maximum absolute atomic E-state index is 14.2. The Bertz CT molecular complexity index is 1740. The molecule has 0 aliphatic rings. The van der Waals surface area contributed by atoms with Gasteiger partial charge in [-0.15, -0.1) is 12.4 Å². The molecule has 2 N–H and O–H groups in total. The van der Waals surface area contributed by atoms with E-state index < -0.39 is 11.7 Å². The fourth-order valence-corrected chi connectivity index (χ4v) is 6.10. The van der Waals surface area contributed by atoms with Crippen LogP contribution in [0.15, 0.2) is 85.3 Å². The zero-order valence-electron chi connectivity index (χ0n) is 22.1. The summed E-state index contributed by atoms with van der Waals surface area (Å²) < 4.78 is 7.08. The summed E-state index contributed by atoms with van der Waals surface area (Å²) in [5.74, 6) is -1.62. The molecular weight excluding hydrogens is 664 g/mol. The van der Waals surface area contributed by atoms with Crippen LogP contribution in [0.4, 0.5) is 0 Å². The van der Waals surface area contributed by atoms with Crippen molar-refractivity contribution in [3.63, 3.8) is 0 Å². The fourth-order valence-electron chi connectivity index (χ4n) is 5.13. The summed E-state index contributed by atoms with van der Waals surface area (Å²) >= 11 is 6.76. The lowest BCUT2D eigenvalue weighted by Gasteiger charge is -2.19. The molecule has 0 spiro atoms. The molecule has 5 rings (SSSR count). The van der Waals surface area contributed by atoms with Gasteiger partial charge in [-0.1, -0.05) is 36.4 Å². The quantitative estimate of drug-likeness (QED) is 0.228. The average Bonchev–Trinajstić information content (AvgIpc) is 3.29. The van der Waals surface area contributed by atoms with E-state index in [1.54, 1.807) is 38.9 Å². The van der Waals surface area contributed by atoms with Crippen molar-refractivity contribution in [1.29, 1.82) is 0 Å². The smallest absolute Gasteiger partial charge is 0.275 e. The van der Waals surface area contributed by atoms with E-state index in [2.05, 4.69) is 31.9 Å². The Morgan fingerprint density at radius 3 is 1.50 bits per heavy atom. The molecule has 0 atom stereocenters. The molecule has 0 aliphatic heterocycles. The number of nitrogens with zero attached hydrogens (tertiary/aromatic N) is 4. The zero-order valence-corrected chi connectivity index (χ0v) is 26.1. The van der Waals surface area contributed by atoms with Crippen molar-refractivity contribution >= 4 is 44.3 Å². The van der Waals surface area contributed by atoms with Crippen LogP contribution in [0.2, 0.25) is 0 Å². The predicted octanol–water partition coefficient (Wildman–Crippen LogP) is 5.82. The van der Waals surface area contributed by atoms with Gasteiger partial charge in [-0.3, -0.25) is 19.0 Å². The topological polar surface area (TPSA) is 94.3 Å². The van der Waals surface area contributed by atoms with Gasteiger partial charge >= 0.3 is 0 Å². The van der Waals surface area contributed by atoms with Crippen LogP contribution in [-0.4, -0.2) is 28.9 Å². The van der Waals surface area contributed by atoms with Crippen molar-refractivity contribution in [1.82, 2.24) is 18.7 Å². The molecule has 2 heterocycles. The third kappa shape index (κ3) is 4.53. The molecule has 40 heavy (non-hydrogen) atoms. The van der Waals surface area contributed by atoms with Crippen LogP contribution in [0, 0.1) is 13.8 Å². The molecule has 5 aromatic rings. The lowest BCUT2D eigenvalue weighted by atomic mass is 9.85. The Balaban J connectivity index is 0.00000370. The van der Waals surface area contributed by atoms with Crippen LogP contribution in [-0.2, 0) is 14.1 Å². The van der Waals surface area contributed by atoms with Crippen molar-refractivity contribution in [3.05, 3.63) is 124 Å². The Morgan fingerprint density at radius 1 is 0.700 bits per heavy atom. The first-order valence-electron chi connectivity index (χ1n) is 12.1. The average molecular weight is 691 g/mol. The molecule has 0 amide bonds. The van der Waals surface area contributed by atoms with Gasteiger partial charge in [0, 0.05) is 31.4 Å². The molecule has 208 valence electrons. The number of aromatic hydroxyl groups is 2. The number of hydrogen-bond donors (Lipinski definition) is 2. The fraction of sp³-hybridized carbons (Fsp3) is 0.172. The van der Waals surface area contributed by atoms with Crippen molar-refractivity contribution in [2.24, 2.45) is 14.1 Å². The summed E-state index contributed by atoms with van der Waals surface area (Å²) in [6.45, 7) is 3.67. The highest BCUT2D eigenvalue weighted by Gasteiger charge is 2.35. The van der Waals surface area contributed by atoms with E-state index >= 15 is 0 Å². The van der Waals surface area contributed by atoms with Crippen LogP contribution in [0.25, 0.3) is 11.4 Å². The number of para-hydroxylation sites is 2. The van der Waals surface area contributed by atoms with Crippen LogP contribution < -0.4 is 11.1 Å². The Hall–Kier alpha value is -3.47. The Kier molecular flexibility index (Phi) is 8.26. The van der Waals surface area contributed by atoms with Crippen molar-refractivity contribution in [2.45, 2.75) is 19.8 Å². The van der Waals surface area contributed by atoms with E-state index in [1.807, 2.05) is 74.5 Å². The van der Waals surface area contributed by atoms with Gasteiger partial charge in [-0.25, -0.2) is 9.36 Å². The van der Waals surface area contributed by atoms with Gasteiger partial charge in [0.2, 0.25) is 0 Å². The summed E-state index contributed by atoms with van der Waals surface area (Å²) in [7, 11) is 3.59. The number of phenols is 2. The van der Waals surface area contributed by atoms with E-state index in [0.29, 0.717) is 39.5 Å². The molecule has 0 unspecified atom stereocenters. The molecule has 3 aromatic carbocycles. The van der Waals surface area contributed by atoms with Crippen LogP contribution >= 0.6 is 44.3 Å². The third-order valence-electron chi connectivity index (χ3n) is 7.28. The van der Waals surface area contributed by atoms with E-state index in [4.69, 9.17) is 0 Å². The zero-order chi connectivity index (χ0) is 28.2. The third-order valence-corrected chi connectivity index (χ3v) is 8.72. The maximum Gasteiger partial charge on any atom is 0.275 e. The monoisotopic (exact) mass is 688 g/mol. The van der Waals surface area contributed by atoms with Crippen LogP contribution in [0.1, 0.15) is 34.0 Å². The van der Waals surface area contributed by atoms with Gasteiger partial charge in [0.05, 0.1) is 31.4 Å². The number of phenolic OH excluding ortho intramolecular Hbond substituents is 2. The van der Waals surface area contributed by atoms with E-state index in [1.165, 1.54) is 0 Å². The molecule has 0 radical (unpaired) electrons. The molecule has 0 bridgehead atoms. The molecule has 11 heteroatoms. The second-order valence-corrected chi connectivity index (χ2v) is 11.0. The molecular formula is C29H27Br2ClN4O4. The normalized spacial score (nSPS) is 11.2. The van der Waals surface area contributed by atoms with Gasteiger partial charge < -0.3 is 10.2 Å². The first-order valence-corrected chi connectivity index (χ1v) is 13.7. The van der Waals surface area contributed by atoms with Crippen molar-refractivity contribution in [2.75, 3.05) is 0 Å². The highest BCUT2D eigenvalue weighted by atomic mass is 79.9. The SMILES string of the molecule is Cc1c(C(c2cc(Br)c(O)c(O)c2Br)c2c(C)n(C)n(-c3ccccc3)c2=O)c(=O)n(-c2ccccc2)n1C.Cl. The Morgan fingerprint density at radius 2 is 1.10 bits per heavy atom. The van der Waals surface area contributed by atoms with E-state index in [-0.39, 0.29) is 38.2 Å². The molecule has 0 fully saturated rings. The predicted molar refractivity (Wildman–Crippen MR) is 165 cm³/mol. The summed E-state index contributed by atoms with van der Waals surface area (Å²) in [4.78, 5) is 28.4. The molecule has 0 saturated carbocycles. The summed E-state index contributed by atoms with van der Waals surface area (Å²) in [5, 5.41) is 21.1. The van der Waals surface area contributed by atoms with E-state index in [0.717, 1.165) is 0 Å². The number of rotatable bonds is 5. The highest BCUT2D eigenvalue weighted by Crippen LogP contribution is 2.47. The van der Waals surface area contributed by atoms with Gasteiger partial charge in [0.25, 0.3) is 11.1 Å². The van der Waals surface area contributed by atoms with Gasteiger partial charge in [0.1, 0.15) is 0 Å². The van der Waals surface area contributed by atoms with Crippen LogP contribution in [0.5, 0.6) is 11.5 Å². The number of halogens is 3. The molecule has 0 saturated heterocycles. The van der Waals surface area contributed by atoms with Crippen molar-refractivity contribution in [3.8, 4) is 22.9 Å². The largest absolute Gasteiger partial charge is 0.503 e. The standard InChI is InChI=1S/C29H26Br2N4O4.ClH/c1-16-22(28(38)34(32(16)3)18-11-7-5-8-12-18)24(20-15-21(30)26(36)27(37)25(20)31)23-17(2)33(4)35(29(23)39)19-13-9-6-10-14-19;/h5-15,24,36-37H,1-4H3;1H. The second-order valence-electron chi connectivity index (χ2n) is 9.34. The number of hydrogen-bond acceptors (Lipinski definition) is 4. The van der Waals surface area contributed by atoms with Gasteiger partial charge in [-0.05, 0) is 81.6 Å². The molecule has 0 aliphatic carbocycles. The first kappa shape index (κ1) is 29.5. The minimum Gasteiger partial charge on any atom is -0.503 e. The highest BCUT2D eigenvalue weighted by molar-refractivity contribution is 9.11. The Labute approximate surface area is 253 Å². The number of aromatic nitrogens is 4.